The molecule has 9 heteroatoms. The maximum atomic E-state index is 9.57. The van der Waals surface area contributed by atoms with Gasteiger partial charge in [-0.15, -0.1) is 0 Å². The van der Waals surface area contributed by atoms with Crippen LogP contribution in [0.25, 0.3) is 0 Å². The van der Waals surface area contributed by atoms with E-state index in [4.69, 9.17) is 30.0 Å². The third-order valence-electron chi connectivity index (χ3n) is 1.43. The van der Waals surface area contributed by atoms with E-state index in [1.54, 1.807) is 6.92 Å². The Balaban J connectivity index is -0.0000000973. The molecule has 4 N–H and O–H groups in total. The lowest BCUT2D eigenvalue weighted by atomic mass is 10.3. The molecule has 0 aliphatic rings. The van der Waals surface area contributed by atoms with Crippen molar-refractivity contribution < 1.29 is 44.4 Å². The van der Waals surface area contributed by atoms with Gasteiger partial charge in [0.05, 0.1) is 39.8 Å². The Hall–Kier alpha value is -1.71. The van der Waals surface area contributed by atoms with Crippen LogP contribution in [-0.2, 0) is 14.4 Å². The standard InChI is InChI=1S/C5H14NO.C4H8O3.C2H4O2.CH2O2/c1-6(2,3)4-5-7;1-2-3(5)4(6)7;1-2(3)4;2-1-3/h7H,4-5H2,1-3H3;3,5H,2H2,1H3,(H,6,7);1H3,(H,3,4);1H,(H,2,3)/q+1;;;/p-1. The number of rotatable bonds is 4. The van der Waals surface area contributed by atoms with Gasteiger partial charge in [0.2, 0.25) is 0 Å². The van der Waals surface area contributed by atoms with Gasteiger partial charge in [-0.3, -0.25) is 9.59 Å². The van der Waals surface area contributed by atoms with Crippen molar-refractivity contribution in [1.29, 1.82) is 0 Å². The zero-order valence-corrected chi connectivity index (χ0v) is 13.1. The fraction of sp³-hybridized carbons (Fsp3) is 0.750. The molecule has 0 amide bonds. The van der Waals surface area contributed by atoms with E-state index in [1.165, 1.54) is 0 Å². The molecule has 0 heterocycles. The van der Waals surface area contributed by atoms with Gasteiger partial charge in [0, 0.05) is 6.92 Å². The number of hydrogen-bond acceptors (Lipinski definition) is 6. The highest BCUT2D eigenvalue weighted by molar-refractivity contribution is 5.69. The van der Waals surface area contributed by atoms with Gasteiger partial charge in [-0.05, 0) is 6.42 Å². The fourth-order valence-corrected chi connectivity index (χ4v) is 0.467. The Kier molecular flexibility index (Phi) is 24.0. The minimum absolute atomic E-state index is 0.211. The van der Waals surface area contributed by atoms with Crippen molar-refractivity contribution in [1.82, 2.24) is 0 Å². The zero-order chi connectivity index (χ0) is 18.1. The number of carboxylic acid groups (broad SMARTS) is 3. The zero-order valence-electron chi connectivity index (χ0n) is 13.1. The Morgan fingerprint density at radius 1 is 1.29 bits per heavy atom. The van der Waals surface area contributed by atoms with Crippen LogP contribution in [-0.4, -0.2) is 83.7 Å². The number of aliphatic hydroxyl groups is 2. The maximum absolute atomic E-state index is 9.57. The molecule has 0 spiro atoms. The third-order valence-corrected chi connectivity index (χ3v) is 1.43. The SMILES string of the molecule is CC(=O)O.CCC(O)C(=O)[O-].C[N+](C)(C)CCO.O=CO. The normalized spacial score (nSPS) is 10.2. The minimum Gasteiger partial charge on any atom is -0.547 e. The number of carboxylic acids is 2. The number of aliphatic hydroxyl groups excluding tert-OH is 2. The van der Waals surface area contributed by atoms with E-state index in [0.717, 1.165) is 18.0 Å². The Bertz CT molecular complexity index is 258. The van der Waals surface area contributed by atoms with Gasteiger partial charge < -0.3 is 34.8 Å². The van der Waals surface area contributed by atoms with Crippen LogP contribution < -0.4 is 5.11 Å². The van der Waals surface area contributed by atoms with Crippen LogP contribution in [0.15, 0.2) is 0 Å². The van der Waals surface area contributed by atoms with Crippen molar-refractivity contribution in [3.05, 3.63) is 0 Å². The molecule has 128 valence electrons. The highest BCUT2D eigenvalue weighted by Gasteiger charge is 2.02. The molecule has 0 saturated heterocycles. The summed E-state index contributed by atoms with van der Waals surface area (Å²) < 4.78 is 0.844. The lowest BCUT2D eigenvalue weighted by Crippen LogP contribution is -2.36. The molecule has 9 nitrogen and oxygen atoms in total. The van der Waals surface area contributed by atoms with Gasteiger partial charge in [-0.25, -0.2) is 0 Å². The lowest BCUT2D eigenvalue weighted by molar-refractivity contribution is -0.870. The van der Waals surface area contributed by atoms with E-state index in [2.05, 4.69) is 21.1 Å². The van der Waals surface area contributed by atoms with Gasteiger partial charge in [-0.1, -0.05) is 6.92 Å². The fourth-order valence-electron chi connectivity index (χ4n) is 0.467. The van der Waals surface area contributed by atoms with E-state index in [9.17, 15) is 9.90 Å². The molecule has 0 aliphatic carbocycles. The Labute approximate surface area is 124 Å². The first-order chi connectivity index (χ1) is 9.39. The molecule has 0 saturated carbocycles. The largest absolute Gasteiger partial charge is 0.547 e. The van der Waals surface area contributed by atoms with Crippen molar-refractivity contribution in [3.8, 4) is 0 Å². The summed E-state index contributed by atoms with van der Waals surface area (Å²) in [6.45, 7) is 3.52. The van der Waals surface area contributed by atoms with Crippen molar-refractivity contribution in [2.45, 2.75) is 26.4 Å². The molecular weight excluding hydrogens is 286 g/mol. The van der Waals surface area contributed by atoms with Crippen LogP contribution in [0.5, 0.6) is 0 Å². The summed E-state index contributed by atoms with van der Waals surface area (Å²) in [5.74, 6) is -2.23. The molecular formula is C12H27NO8. The molecule has 21 heavy (non-hydrogen) atoms. The van der Waals surface area contributed by atoms with Crippen LogP contribution >= 0.6 is 0 Å². The average molecular weight is 313 g/mol. The first-order valence-electron chi connectivity index (χ1n) is 5.97. The molecule has 0 rings (SSSR count). The number of nitrogens with zero attached hydrogens (tertiary/aromatic N) is 1. The summed E-state index contributed by atoms with van der Waals surface area (Å²) in [4.78, 5) is 26.9. The first-order valence-corrected chi connectivity index (χ1v) is 5.97. The van der Waals surface area contributed by atoms with Gasteiger partial charge >= 0.3 is 0 Å². The van der Waals surface area contributed by atoms with Crippen molar-refractivity contribution >= 4 is 18.4 Å². The highest BCUT2D eigenvalue weighted by atomic mass is 16.4. The van der Waals surface area contributed by atoms with E-state index in [-0.39, 0.29) is 19.5 Å². The van der Waals surface area contributed by atoms with Gasteiger partial charge in [0.1, 0.15) is 6.54 Å². The summed E-state index contributed by atoms with van der Waals surface area (Å²) in [6, 6.07) is 0. The van der Waals surface area contributed by atoms with E-state index in [0.29, 0.717) is 0 Å². The molecule has 0 aliphatic heterocycles. The number of carbonyl (C=O) groups excluding carboxylic acids is 1. The van der Waals surface area contributed by atoms with Crippen molar-refractivity contribution in [2.24, 2.45) is 0 Å². The number of carbonyl (C=O) groups is 3. The summed E-state index contributed by atoms with van der Waals surface area (Å²) in [7, 11) is 6.16. The predicted octanol–water partition coefficient (Wildman–Crippen LogP) is -2.02. The molecule has 0 aromatic rings. The topological polar surface area (TPSA) is 155 Å². The van der Waals surface area contributed by atoms with Gasteiger partial charge in [-0.2, -0.15) is 0 Å². The molecule has 0 bridgehead atoms. The maximum Gasteiger partial charge on any atom is 0.300 e. The molecule has 0 aromatic carbocycles. The van der Waals surface area contributed by atoms with Crippen molar-refractivity contribution in [2.75, 3.05) is 34.3 Å². The molecule has 0 radical (unpaired) electrons. The Morgan fingerprint density at radius 2 is 1.57 bits per heavy atom. The van der Waals surface area contributed by atoms with E-state index in [1.807, 2.05) is 0 Å². The molecule has 1 atom stereocenters. The average Bonchev–Trinajstić information content (AvgIpc) is 2.27. The summed E-state index contributed by atoms with van der Waals surface area (Å²) in [6.07, 6.45) is -1.08. The number of quaternary nitrogens is 1. The summed E-state index contributed by atoms with van der Waals surface area (Å²) >= 11 is 0. The summed E-state index contributed by atoms with van der Waals surface area (Å²) in [5.41, 5.74) is 0. The third kappa shape index (κ3) is 70.6. The van der Waals surface area contributed by atoms with E-state index < -0.39 is 18.0 Å². The quantitative estimate of drug-likeness (QED) is 0.342. The molecule has 0 aromatic heterocycles. The van der Waals surface area contributed by atoms with Gasteiger partial charge in [0.25, 0.3) is 12.4 Å². The molecule has 0 fully saturated rings. The highest BCUT2D eigenvalue weighted by Crippen LogP contribution is 1.85. The van der Waals surface area contributed by atoms with Gasteiger partial charge in [0.15, 0.2) is 0 Å². The van der Waals surface area contributed by atoms with Crippen LogP contribution in [0.4, 0.5) is 0 Å². The second-order valence-electron chi connectivity index (χ2n) is 4.61. The monoisotopic (exact) mass is 313 g/mol. The predicted molar refractivity (Wildman–Crippen MR) is 73.3 cm³/mol. The van der Waals surface area contributed by atoms with Crippen LogP contribution in [0.2, 0.25) is 0 Å². The number of aliphatic carboxylic acids is 2. The van der Waals surface area contributed by atoms with Crippen LogP contribution in [0, 0.1) is 0 Å². The minimum atomic E-state index is -1.40. The number of hydrogen-bond donors (Lipinski definition) is 4. The van der Waals surface area contributed by atoms with E-state index >= 15 is 0 Å². The second kappa shape index (κ2) is 18.3. The van der Waals surface area contributed by atoms with Crippen LogP contribution in [0.1, 0.15) is 20.3 Å². The molecule has 1 unspecified atom stereocenters. The Morgan fingerprint density at radius 3 is 1.57 bits per heavy atom. The lowest BCUT2D eigenvalue weighted by Gasteiger charge is -2.21. The smallest absolute Gasteiger partial charge is 0.300 e. The number of likely N-dealkylation sites (N-methyl/N-ethyl adjacent to an activating group) is 1. The van der Waals surface area contributed by atoms with Crippen molar-refractivity contribution in [3.63, 3.8) is 0 Å². The summed E-state index contributed by atoms with van der Waals surface area (Å²) in [5, 5.41) is 40.5. The second-order valence-corrected chi connectivity index (χ2v) is 4.61. The first kappa shape index (κ1) is 27.6. The van der Waals surface area contributed by atoms with Crippen LogP contribution in [0.3, 0.4) is 0 Å².